The number of rotatable bonds is 7. The van der Waals surface area contributed by atoms with Gasteiger partial charge in [0.2, 0.25) is 0 Å². The van der Waals surface area contributed by atoms with E-state index in [1.165, 1.54) is 5.52 Å². The number of aryl methyl sites for hydroxylation is 1. The highest BCUT2D eigenvalue weighted by molar-refractivity contribution is 5.75. The topological polar surface area (TPSA) is 65.1 Å². The van der Waals surface area contributed by atoms with Crippen molar-refractivity contribution in [2.45, 2.75) is 51.8 Å². The van der Waals surface area contributed by atoms with Crippen molar-refractivity contribution in [2.75, 3.05) is 7.11 Å². The van der Waals surface area contributed by atoms with Crippen LogP contribution in [-0.2, 0) is 17.7 Å². The maximum atomic E-state index is 5.78. The molecule has 0 amide bonds. The first kappa shape index (κ1) is 15.9. The molecule has 5 nitrogen and oxygen atoms in total. The van der Waals surface area contributed by atoms with E-state index in [9.17, 15) is 0 Å². The molecule has 116 valence electrons. The van der Waals surface area contributed by atoms with Crippen LogP contribution in [0, 0.1) is 0 Å². The molecule has 1 aromatic carbocycles. The summed E-state index contributed by atoms with van der Waals surface area (Å²) in [5.74, 6) is 6.82. The summed E-state index contributed by atoms with van der Waals surface area (Å²) in [6, 6.07) is 8.22. The Labute approximate surface area is 126 Å². The number of hydrogen-bond acceptors (Lipinski definition) is 4. The summed E-state index contributed by atoms with van der Waals surface area (Å²) in [5.41, 5.74) is 4.79. The van der Waals surface area contributed by atoms with Crippen LogP contribution < -0.4 is 11.3 Å². The second-order valence-corrected chi connectivity index (χ2v) is 5.55. The fourth-order valence-corrected chi connectivity index (χ4v) is 2.80. The molecule has 5 heteroatoms. The standard InChI is InChI=1S/C16H26N4O/c1-5-16(3,21-4)14(19-17)11-15-18-12-9-7-8-10-13(12)20(15)6-2/h7-10,14,19H,5-6,11,17H2,1-4H3. The van der Waals surface area contributed by atoms with Crippen molar-refractivity contribution >= 4 is 11.0 Å². The van der Waals surface area contributed by atoms with Gasteiger partial charge in [0.05, 0.1) is 22.7 Å². The molecule has 0 saturated carbocycles. The lowest BCUT2D eigenvalue weighted by atomic mass is 9.91. The van der Waals surface area contributed by atoms with Crippen molar-refractivity contribution in [1.29, 1.82) is 0 Å². The number of nitrogens with zero attached hydrogens (tertiary/aromatic N) is 2. The molecule has 21 heavy (non-hydrogen) atoms. The van der Waals surface area contributed by atoms with Crippen LogP contribution in [0.25, 0.3) is 11.0 Å². The fraction of sp³-hybridized carbons (Fsp3) is 0.562. The number of nitrogens with one attached hydrogen (secondary N) is 1. The molecule has 0 aliphatic carbocycles. The number of hydrazine groups is 1. The summed E-state index contributed by atoms with van der Waals surface area (Å²) in [5, 5.41) is 0. The molecule has 1 heterocycles. The Morgan fingerprint density at radius 3 is 2.67 bits per heavy atom. The normalized spacial score (nSPS) is 16.0. The zero-order chi connectivity index (χ0) is 15.5. The average molecular weight is 290 g/mol. The Morgan fingerprint density at radius 2 is 2.10 bits per heavy atom. The Kier molecular flexibility index (Phi) is 4.98. The van der Waals surface area contributed by atoms with E-state index in [0.717, 1.165) is 30.7 Å². The molecule has 3 N–H and O–H groups in total. The smallest absolute Gasteiger partial charge is 0.111 e. The van der Waals surface area contributed by atoms with Gasteiger partial charge in [-0.15, -0.1) is 0 Å². The summed E-state index contributed by atoms with van der Waals surface area (Å²) in [4.78, 5) is 4.77. The number of methoxy groups -OCH3 is 1. The Balaban J connectivity index is 2.37. The molecule has 2 aromatic rings. The van der Waals surface area contributed by atoms with Gasteiger partial charge in [0, 0.05) is 20.1 Å². The van der Waals surface area contributed by atoms with Crippen molar-refractivity contribution in [3.63, 3.8) is 0 Å². The number of nitrogens with two attached hydrogens (primary N) is 1. The zero-order valence-corrected chi connectivity index (χ0v) is 13.4. The number of ether oxygens (including phenoxy) is 1. The van der Waals surface area contributed by atoms with Gasteiger partial charge in [0.15, 0.2) is 0 Å². The van der Waals surface area contributed by atoms with Crippen molar-refractivity contribution < 1.29 is 4.74 Å². The minimum Gasteiger partial charge on any atom is -0.377 e. The minimum atomic E-state index is -0.314. The number of hydrogen-bond donors (Lipinski definition) is 2. The first-order valence-corrected chi connectivity index (χ1v) is 7.55. The molecular formula is C16H26N4O. The SMILES string of the molecule is CCn1c(CC(NN)C(C)(CC)OC)nc2ccccc21. The number of imidazole rings is 1. The third kappa shape index (κ3) is 2.95. The Morgan fingerprint density at radius 1 is 1.38 bits per heavy atom. The van der Waals surface area contributed by atoms with E-state index < -0.39 is 0 Å². The molecule has 0 aliphatic rings. The van der Waals surface area contributed by atoms with Crippen LogP contribution in [0.4, 0.5) is 0 Å². The van der Waals surface area contributed by atoms with E-state index >= 15 is 0 Å². The molecule has 0 saturated heterocycles. The van der Waals surface area contributed by atoms with Gasteiger partial charge in [-0.2, -0.15) is 0 Å². The van der Waals surface area contributed by atoms with Crippen LogP contribution in [0.1, 0.15) is 33.0 Å². The van der Waals surface area contributed by atoms with Gasteiger partial charge >= 0.3 is 0 Å². The zero-order valence-electron chi connectivity index (χ0n) is 13.4. The summed E-state index contributed by atoms with van der Waals surface area (Å²) >= 11 is 0. The van der Waals surface area contributed by atoms with Gasteiger partial charge < -0.3 is 9.30 Å². The van der Waals surface area contributed by atoms with Crippen LogP contribution in [0.2, 0.25) is 0 Å². The lowest BCUT2D eigenvalue weighted by Crippen LogP contribution is -2.54. The second-order valence-electron chi connectivity index (χ2n) is 5.55. The van der Waals surface area contributed by atoms with Gasteiger partial charge in [-0.3, -0.25) is 11.3 Å². The number of fused-ring (bicyclic) bond motifs is 1. The Hall–Kier alpha value is -1.43. The van der Waals surface area contributed by atoms with Crippen LogP contribution >= 0.6 is 0 Å². The predicted molar refractivity (Wildman–Crippen MR) is 85.9 cm³/mol. The number of benzene rings is 1. The molecule has 1 aromatic heterocycles. The predicted octanol–water partition coefficient (Wildman–Crippen LogP) is 2.25. The molecule has 0 aliphatic heterocycles. The van der Waals surface area contributed by atoms with Gasteiger partial charge in [0.25, 0.3) is 0 Å². The van der Waals surface area contributed by atoms with E-state index in [2.05, 4.69) is 36.8 Å². The number of para-hydroxylation sites is 2. The molecule has 2 rings (SSSR count). The van der Waals surface area contributed by atoms with Crippen LogP contribution in [0.3, 0.4) is 0 Å². The molecule has 2 unspecified atom stereocenters. The molecular weight excluding hydrogens is 264 g/mol. The van der Waals surface area contributed by atoms with Crippen LogP contribution in [0.15, 0.2) is 24.3 Å². The van der Waals surface area contributed by atoms with Crippen molar-refractivity contribution in [2.24, 2.45) is 5.84 Å². The summed E-state index contributed by atoms with van der Waals surface area (Å²) in [6.45, 7) is 7.22. The first-order valence-electron chi connectivity index (χ1n) is 7.55. The molecule has 0 radical (unpaired) electrons. The molecule has 0 fully saturated rings. The quantitative estimate of drug-likeness (QED) is 0.606. The third-order valence-corrected chi connectivity index (χ3v) is 4.54. The number of aromatic nitrogens is 2. The highest BCUT2D eigenvalue weighted by Gasteiger charge is 2.33. The van der Waals surface area contributed by atoms with Gasteiger partial charge in [-0.25, -0.2) is 4.98 Å². The van der Waals surface area contributed by atoms with Gasteiger partial charge in [-0.05, 0) is 32.4 Å². The van der Waals surface area contributed by atoms with Crippen molar-refractivity contribution in [3.05, 3.63) is 30.1 Å². The molecule has 0 bridgehead atoms. The van der Waals surface area contributed by atoms with Crippen LogP contribution in [0.5, 0.6) is 0 Å². The monoisotopic (exact) mass is 290 g/mol. The van der Waals surface area contributed by atoms with Crippen LogP contribution in [-0.4, -0.2) is 28.3 Å². The van der Waals surface area contributed by atoms with Gasteiger partial charge in [-0.1, -0.05) is 19.1 Å². The lowest BCUT2D eigenvalue weighted by molar-refractivity contribution is -0.0294. The minimum absolute atomic E-state index is 0.00890. The summed E-state index contributed by atoms with van der Waals surface area (Å²) < 4.78 is 7.92. The van der Waals surface area contributed by atoms with Gasteiger partial charge in [0.1, 0.15) is 5.82 Å². The van der Waals surface area contributed by atoms with E-state index in [1.54, 1.807) is 7.11 Å². The van der Waals surface area contributed by atoms with E-state index in [1.807, 2.05) is 18.2 Å². The van der Waals surface area contributed by atoms with E-state index in [0.29, 0.717) is 0 Å². The van der Waals surface area contributed by atoms with E-state index in [4.69, 9.17) is 15.6 Å². The van der Waals surface area contributed by atoms with Crippen molar-refractivity contribution in [3.8, 4) is 0 Å². The maximum absolute atomic E-state index is 5.78. The highest BCUT2D eigenvalue weighted by Crippen LogP contribution is 2.24. The largest absolute Gasteiger partial charge is 0.377 e. The average Bonchev–Trinajstić information content (AvgIpc) is 2.88. The molecule has 2 atom stereocenters. The maximum Gasteiger partial charge on any atom is 0.111 e. The highest BCUT2D eigenvalue weighted by atomic mass is 16.5. The summed E-state index contributed by atoms with van der Waals surface area (Å²) in [6.07, 6.45) is 1.61. The van der Waals surface area contributed by atoms with Crippen molar-refractivity contribution in [1.82, 2.24) is 15.0 Å². The Bertz CT molecular complexity index is 589. The summed E-state index contributed by atoms with van der Waals surface area (Å²) in [7, 11) is 1.73. The lowest BCUT2D eigenvalue weighted by Gasteiger charge is -2.35. The third-order valence-electron chi connectivity index (χ3n) is 4.54. The second kappa shape index (κ2) is 6.56. The first-order chi connectivity index (χ1) is 10.1. The fourth-order valence-electron chi connectivity index (χ4n) is 2.80. The molecule has 0 spiro atoms. The van der Waals surface area contributed by atoms with E-state index in [-0.39, 0.29) is 11.6 Å².